The molecule has 0 bridgehead atoms. The van der Waals surface area contributed by atoms with Crippen molar-refractivity contribution in [3.63, 3.8) is 0 Å². The summed E-state index contributed by atoms with van der Waals surface area (Å²) in [7, 11) is 0. The lowest BCUT2D eigenvalue weighted by atomic mass is 10.1. The molecule has 0 aliphatic carbocycles. The second-order valence-electron chi connectivity index (χ2n) is 5.87. The van der Waals surface area contributed by atoms with Crippen molar-refractivity contribution in [1.29, 1.82) is 0 Å². The molecule has 2 aromatic rings. The number of aryl methyl sites for hydroxylation is 2. The third kappa shape index (κ3) is 5.48. The van der Waals surface area contributed by atoms with Gasteiger partial charge >= 0.3 is 0 Å². The Kier molecular flexibility index (Phi) is 6.89. The molecule has 2 aromatic carbocycles. The minimum Gasteiger partial charge on any atom is -0.256 e. The number of unbranched alkanes of at least 4 members (excludes halogenated alkanes) is 2. The van der Waals surface area contributed by atoms with E-state index in [2.05, 4.69) is 67.4 Å². The quantitative estimate of drug-likeness (QED) is 0.520. The molecule has 0 amide bonds. The first-order valence-electron chi connectivity index (χ1n) is 8.53. The molecule has 0 aromatic heterocycles. The van der Waals surface area contributed by atoms with Crippen molar-refractivity contribution >= 4 is 11.9 Å². The van der Waals surface area contributed by atoms with Crippen LogP contribution in [0.2, 0.25) is 0 Å². The largest absolute Gasteiger partial charge is 0.256 e. The number of aliphatic imine (C=N–C) groups is 1. The van der Waals surface area contributed by atoms with E-state index in [0.29, 0.717) is 0 Å². The molecule has 116 valence electrons. The zero-order valence-corrected chi connectivity index (χ0v) is 13.9. The standard InChI is InChI=1S/C21H27N/c1-3-5-7-18-9-11-20(12-10-18)17-22-21-15-13-19(14-16-21)8-6-4-2/h9-17H,3-8H2,1-2H3. The van der Waals surface area contributed by atoms with Crippen molar-refractivity contribution < 1.29 is 0 Å². The SMILES string of the molecule is CCCCc1ccc(C=Nc2ccc(CCCC)cc2)cc1. The van der Waals surface area contributed by atoms with Gasteiger partial charge in [0, 0.05) is 6.21 Å². The molecule has 0 aliphatic rings. The molecule has 0 heterocycles. The molecule has 0 saturated heterocycles. The number of rotatable bonds is 8. The molecule has 0 unspecified atom stereocenters. The van der Waals surface area contributed by atoms with Crippen LogP contribution in [-0.2, 0) is 12.8 Å². The fourth-order valence-electron chi connectivity index (χ4n) is 2.43. The summed E-state index contributed by atoms with van der Waals surface area (Å²) in [4.78, 5) is 4.56. The van der Waals surface area contributed by atoms with E-state index in [4.69, 9.17) is 0 Å². The first-order valence-corrected chi connectivity index (χ1v) is 8.53. The van der Waals surface area contributed by atoms with Gasteiger partial charge < -0.3 is 0 Å². The molecule has 0 atom stereocenters. The molecular formula is C21H27N. The molecule has 0 N–H and O–H groups in total. The van der Waals surface area contributed by atoms with E-state index in [1.807, 2.05) is 6.21 Å². The van der Waals surface area contributed by atoms with Gasteiger partial charge in [0.15, 0.2) is 0 Å². The summed E-state index contributed by atoms with van der Waals surface area (Å²) in [6.45, 7) is 4.46. The van der Waals surface area contributed by atoms with Gasteiger partial charge in [0.2, 0.25) is 0 Å². The van der Waals surface area contributed by atoms with Gasteiger partial charge in [-0.3, -0.25) is 4.99 Å². The summed E-state index contributed by atoms with van der Waals surface area (Å²) in [5.41, 5.74) is 5.01. The first kappa shape index (κ1) is 16.5. The zero-order chi connectivity index (χ0) is 15.6. The van der Waals surface area contributed by atoms with E-state index in [9.17, 15) is 0 Å². The minimum absolute atomic E-state index is 1.02. The maximum atomic E-state index is 4.56. The van der Waals surface area contributed by atoms with Gasteiger partial charge in [-0.1, -0.05) is 63.1 Å². The Morgan fingerprint density at radius 2 is 1.23 bits per heavy atom. The smallest absolute Gasteiger partial charge is 0.0630 e. The van der Waals surface area contributed by atoms with Crippen LogP contribution in [0.25, 0.3) is 0 Å². The molecule has 22 heavy (non-hydrogen) atoms. The van der Waals surface area contributed by atoms with Gasteiger partial charge in [-0.15, -0.1) is 0 Å². The predicted molar refractivity (Wildman–Crippen MR) is 97.4 cm³/mol. The Morgan fingerprint density at radius 3 is 1.73 bits per heavy atom. The predicted octanol–water partition coefficient (Wildman–Crippen LogP) is 6.12. The van der Waals surface area contributed by atoms with Gasteiger partial charge in [0.1, 0.15) is 0 Å². The highest BCUT2D eigenvalue weighted by Crippen LogP contribution is 2.15. The number of hydrogen-bond donors (Lipinski definition) is 0. The lowest BCUT2D eigenvalue weighted by Crippen LogP contribution is -1.86. The van der Waals surface area contributed by atoms with Crippen LogP contribution in [-0.4, -0.2) is 6.21 Å². The van der Waals surface area contributed by atoms with E-state index in [1.54, 1.807) is 0 Å². The molecule has 2 rings (SSSR count). The minimum atomic E-state index is 1.02. The Bertz CT molecular complexity index is 510. The van der Waals surface area contributed by atoms with Crippen LogP contribution in [0.1, 0.15) is 56.2 Å². The highest BCUT2D eigenvalue weighted by molar-refractivity contribution is 5.81. The Labute approximate surface area is 135 Å². The molecular weight excluding hydrogens is 266 g/mol. The lowest BCUT2D eigenvalue weighted by molar-refractivity contribution is 0.795. The summed E-state index contributed by atoms with van der Waals surface area (Å²) >= 11 is 0. The summed E-state index contributed by atoms with van der Waals surface area (Å²) in [6.07, 6.45) is 9.30. The van der Waals surface area contributed by atoms with Crippen LogP contribution in [0.4, 0.5) is 5.69 Å². The van der Waals surface area contributed by atoms with Crippen molar-refractivity contribution in [1.82, 2.24) is 0 Å². The topological polar surface area (TPSA) is 12.4 Å². The first-order chi connectivity index (χ1) is 10.8. The highest BCUT2D eigenvalue weighted by Gasteiger charge is 1.95. The van der Waals surface area contributed by atoms with Crippen molar-refractivity contribution in [2.75, 3.05) is 0 Å². The maximum absolute atomic E-state index is 4.56. The van der Waals surface area contributed by atoms with E-state index in [0.717, 1.165) is 11.3 Å². The molecule has 1 heteroatoms. The van der Waals surface area contributed by atoms with Gasteiger partial charge in [-0.05, 0) is 54.5 Å². The normalized spacial score (nSPS) is 11.2. The molecule has 0 spiro atoms. The molecule has 0 fully saturated rings. The molecule has 1 nitrogen and oxygen atoms in total. The second kappa shape index (κ2) is 9.19. The summed E-state index contributed by atoms with van der Waals surface area (Å²) < 4.78 is 0. The Morgan fingerprint density at radius 1 is 0.727 bits per heavy atom. The van der Waals surface area contributed by atoms with Crippen LogP contribution in [0.5, 0.6) is 0 Å². The fraction of sp³-hybridized carbons (Fsp3) is 0.381. The van der Waals surface area contributed by atoms with Crippen LogP contribution >= 0.6 is 0 Å². The maximum Gasteiger partial charge on any atom is 0.0630 e. The van der Waals surface area contributed by atoms with Crippen molar-refractivity contribution in [3.05, 3.63) is 65.2 Å². The summed E-state index contributed by atoms with van der Waals surface area (Å²) in [5.74, 6) is 0. The third-order valence-corrected chi connectivity index (χ3v) is 3.92. The van der Waals surface area contributed by atoms with Crippen LogP contribution in [0.15, 0.2) is 53.5 Å². The van der Waals surface area contributed by atoms with Crippen LogP contribution in [0.3, 0.4) is 0 Å². The van der Waals surface area contributed by atoms with Crippen LogP contribution < -0.4 is 0 Å². The summed E-state index contributed by atoms with van der Waals surface area (Å²) in [6, 6.07) is 17.3. The number of hydrogen-bond acceptors (Lipinski definition) is 1. The average Bonchev–Trinajstić information content (AvgIpc) is 2.58. The second-order valence-corrected chi connectivity index (χ2v) is 5.87. The molecule has 0 radical (unpaired) electrons. The van der Waals surface area contributed by atoms with E-state index >= 15 is 0 Å². The average molecular weight is 293 g/mol. The molecule has 0 aliphatic heterocycles. The highest BCUT2D eigenvalue weighted by atomic mass is 14.7. The van der Waals surface area contributed by atoms with Crippen molar-refractivity contribution in [2.24, 2.45) is 4.99 Å². The van der Waals surface area contributed by atoms with E-state index in [-0.39, 0.29) is 0 Å². The fourth-order valence-corrected chi connectivity index (χ4v) is 2.43. The van der Waals surface area contributed by atoms with Gasteiger partial charge in [0.25, 0.3) is 0 Å². The Balaban J connectivity index is 1.93. The van der Waals surface area contributed by atoms with Gasteiger partial charge in [-0.2, -0.15) is 0 Å². The van der Waals surface area contributed by atoms with Crippen molar-refractivity contribution in [2.45, 2.75) is 52.4 Å². The summed E-state index contributed by atoms with van der Waals surface area (Å²) in [5, 5.41) is 0. The molecule has 0 saturated carbocycles. The number of nitrogens with zero attached hydrogens (tertiary/aromatic N) is 1. The van der Waals surface area contributed by atoms with E-state index in [1.165, 1.54) is 49.7 Å². The van der Waals surface area contributed by atoms with E-state index < -0.39 is 0 Å². The van der Waals surface area contributed by atoms with Crippen molar-refractivity contribution in [3.8, 4) is 0 Å². The monoisotopic (exact) mass is 293 g/mol. The van der Waals surface area contributed by atoms with Crippen LogP contribution in [0, 0.1) is 0 Å². The van der Waals surface area contributed by atoms with Gasteiger partial charge in [0.05, 0.1) is 5.69 Å². The van der Waals surface area contributed by atoms with Gasteiger partial charge in [-0.25, -0.2) is 0 Å². The number of benzene rings is 2. The Hall–Kier alpha value is -1.89. The third-order valence-electron chi connectivity index (χ3n) is 3.92. The zero-order valence-electron chi connectivity index (χ0n) is 13.9. The lowest BCUT2D eigenvalue weighted by Gasteiger charge is -2.01.